The van der Waals surface area contributed by atoms with E-state index in [2.05, 4.69) is 11.3 Å². The van der Waals surface area contributed by atoms with Gasteiger partial charge < -0.3 is 0 Å². The summed E-state index contributed by atoms with van der Waals surface area (Å²) < 4.78 is 53.1. The molecule has 0 radical (unpaired) electrons. The van der Waals surface area contributed by atoms with E-state index in [4.69, 9.17) is 0 Å². The first-order chi connectivity index (χ1) is 13.3. The Hall–Kier alpha value is -1.22. The van der Waals surface area contributed by atoms with Crippen molar-refractivity contribution in [1.29, 1.82) is 0 Å². The van der Waals surface area contributed by atoms with Crippen LogP contribution in [0.5, 0.6) is 0 Å². The summed E-state index contributed by atoms with van der Waals surface area (Å²) in [5.74, 6) is 0.502. The van der Waals surface area contributed by atoms with Crippen LogP contribution in [0.15, 0.2) is 41.1 Å². The zero-order valence-electron chi connectivity index (χ0n) is 16.2. The number of hydrogen-bond acceptors (Lipinski definition) is 4. The van der Waals surface area contributed by atoms with Gasteiger partial charge in [0.05, 0.1) is 4.90 Å². The van der Waals surface area contributed by atoms with Gasteiger partial charge in [-0.1, -0.05) is 38.0 Å². The van der Waals surface area contributed by atoms with Gasteiger partial charge in [0.2, 0.25) is 20.0 Å². The van der Waals surface area contributed by atoms with Crippen LogP contribution >= 0.6 is 0 Å². The van der Waals surface area contributed by atoms with E-state index in [0.717, 1.165) is 18.2 Å². The maximum Gasteiger partial charge on any atom is 0.243 e. The molecule has 8 heteroatoms. The molecule has 3 rings (SSSR count). The summed E-state index contributed by atoms with van der Waals surface area (Å²) in [5, 5.41) is 0.873. The molecule has 6 nitrogen and oxygen atoms in total. The number of benzene rings is 1. The van der Waals surface area contributed by atoms with Crippen molar-refractivity contribution in [2.24, 2.45) is 5.92 Å². The minimum atomic E-state index is -3.57. The van der Waals surface area contributed by atoms with E-state index < -0.39 is 20.0 Å². The van der Waals surface area contributed by atoms with Gasteiger partial charge in [-0.3, -0.25) is 0 Å². The molecule has 1 aromatic carbocycles. The second-order valence-corrected chi connectivity index (χ2v) is 11.5. The van der Waals surface area contributed by atoms with Gasteiger partial charge in [0.15, 0.2) is 0 Å². The van der Waals surface area contributed by atoms with E-state index in [0.29, 0.717) is 23.9 Å². The smallest absolute Gasteiger partial charge is 0.211 e. The van der Waals surface area contributed by atoms with Crippen LogP contribution in [0.25, 0.3) is 0 Å². The predicted octanol–water partition coefficient (Wildman–Crippen LogP) is 3.20. The van der Waals surface area contributed by atoms with Gasteiger partial charge in [0.1, 0.15) is 0 Å². The third-order valence-electron chi connectivity index (χ3n) is 5.87. The Morgan fingerprint density at radius 1 is 1.00 bits per heavy atom. The molecule has 0 amide bonds. The molecule has 1 unspecified atom stereocenters. The van der Waals surface area contributed by atoms with Gasteiger partial charge in [0.25, 0.3) is 0 Å². The van der Waals surface area contributed by atoms with Crippen LogP contribution in [-0.4, -0.2) is 40.8 Å². The van der Waals surface area contributed by atoms with Crippen LogP contribution in [-0.2, 0) is 20.0 Å². The zero-order valence-corrected chi connectivity index (χ0v) is 17.8. The Bertz CT molecular complexity index is 873. The summed E-state index contributed by atoms with van der Waals surface area (Å²) >= 11 is 0. The Labute approximate surface area is 169 Å². The van der Waals surface area contributed by atoms with Gasteiger partial charge in [-0.2, -0.15) is 4.31 Å². The molecule has 0 aromatic heterocycles. The zero-order chi connectivity index (χ0) is 20.2. The molecule has 1 saturated heterocycles. The van der Waals surface area contributed by atoms with Crippen molar-refractivity contribution in [2.45, 2.75) is 55.8 Å². The molecule has 1 aliphatic heterocycles. The maximum atomic E-state index is 13.0. The summed E-state index contributed by atoms with van der Waals surface area (Å²) in [6, 6.07) is 7.37. The highest BCUT2D eigenvalue weighted by Crippen LogP contribution is 2.33. The van der Waals surface area contributed by atoms with Crippen LogP contribution in [0.2, 0.25) is 0 Å². The van der Waals surface area contributed by atoms with E-state index in [9.17, 15) is 16.8 Å². The van der Waals surface area contributed by atoms with E-state index in [1.54, 1.807) is 12.1 Å². The van der Waals surface area contributed by atoms with Gasteiger partial charge in [-0.15, -0.1) is 0 Å². The minimum Gasteiger partial charge on any atom is -0.211 e. The minimum absolute atomic E-state index is 0.0419. The summed E-state index contributed by atoms with van der Waals surface area (Å²) in [6.07, 6.45) is 7.67. The molecular weight excluding hydrogens is 396 g/mol. The van der Waals surface area contributed by atoms with Crippen molar-refractivity contribution in [2.75, 3.05) is 19.6 Å². The van der Waals surface area contributed by atoms with Crippen LogP contribution in [0.1, 0.15) is 56.4 Å². The predicted molar refractivity (Wildman–Crippen MR) is 111 cm³/mol. The molecule has 1 aromatic rings. The number of hydrogen-bond donors (Lipinski definition) is 1. The topological polar surface area (TPSA) is 83.6 Å². The molecule has 1 N–H and O–H groups in total. The molecule has 1 aliphatic carbocycles. The highest BCUT2D eigenvalue weighted by Gasteiger charge is 2.30. The molecule has 1 heterocycles. The lowest BCUT2D eigenvalue weighted by Gasteiger charge is -2.32. The molecule has 1 atom stereocenters. The van der Waals surface area contributed by atoms with Crippen LogP contribution in [0.4, 0.5) is 0 Å². The molecule has 0 bridgehead atoms. The summed E-state index contributed by atoms with van der Waals surface area (Å²) in [4.78, 5) is 0.319. The lowest BCUT2D eigenvalue weighted by molar-refractivity contribution is 0.267. The Morgan fingerprint density at radius 3 is 2.32 bits per heavy atom. The van der Waals surface area contributed by atoms with Crippen molar-refractivity contribution < 1.29 is 16.8 Å². The largest absolute Gasteiger partial charge is 0.243 e. The van der Waals surface area contributed by atoms with Crippen molar-refractivity contribution in [3.8, 4) is 0 Å². The fourth-order valence-corrected chi connectivity index (χ4v) is 6.34. The van der Waals surface area contributed by atoms with E-state index in [1.807, 2.05) is 12.1 Å². The molecule has 1 saturated carbocycles. The third kappa shape index (κ3) is 5.23. The SMILES string of the molecule is C=CS(=O)(=O)NCC1CCCN(S(=O)(=O)c2ccc(C3CCCCC3)cc2)C1. The third-order valence-corrected chi connectivity index (χ3v) is 8.76. The van der Waals surface area contributed by atoms with Crippen molar-refractivity contribution >= 4 is 20.0 Å². The van der Waals surface area contributed by atoms with E-state index >= 15 is 0 Å². The number of nitrogens with zero attached hydrogens (tertiary/aromatic N) is 1. The first-order valence-corrected chi connectivity index (χ1v) is 13.0. The average molecular weight is 427 g/mol. The Morgan fingerprint density at radius 2 is 1.68 bits per heavy atom. The average Bonchev–Trinajstić information content (AvgIpc) is 2.73. The summed E-state index contributed by atoms with van der Waals surface area (Å²) in [6.45, 7) is 4.29. The number of piperidine rings is 1. The molecule has 156 valence electrons. The summed E-state index contributed by atoms with van der Waals surface area (Å²) in [5.41, 5.74) is 1.23. The highest BCUT2D eigenvalue weighted by molar-refractivity contribution is 7.92. The fraction of sp³-hybridized carbons (Fsp3) is 0.600. The van der Waals surface area contributed by atoms with Gasteiger partial charge in [-0.25, -0.2) is 21.6 Å². The van der Waals surface area contributed by atoms with Gasteiger partial charge in [-0.05, 0) is 55.2 Å². The van der Waals surface area contributed by atoms with Crippen LogP contribution < -0.4 is 4.72 Å². The molecule has 0 spiro atoms. The van der Waals surface area contributed by atoms with Gasteiger partial charge >= 0.3 is 0 Å². The Balaban J connectivity index is 1.66. The number of sulfonamides is 2. The maximum absolute atomic E-state index is 13.0. The molecule has 28 heavy (non-hydrogen) atoms. The monoisotopic (exact) mass is 426 g/mol. The molecular formula is C20H30N2O4S2. The Kier molecular flexibility index (Phi) is 6.96. The first-order valence-electron chi connectivity index (χ1n) is 10.0. The van der Waals surface area contributed by atoms with Crippen molar-refractivity contribution in [3.63, 3.8) is 0 Å². The van der Waals surface area contributed by atoms with E-state index in [-0.39, 0.29) is 12.5 Å². The number of nitrogens with one attached hydrogen (secondary N) is 1. The van der Waals surface area contributed by atoms with Crippen LogP contribution in [0.3, 0.4) is 0 Å². The standard InChI is InChI=1S/C20H30N2O4S2/c1-2-27(23,24)21-15-17-7-6-14-22(16-17)28(25,26)20-12-10-19(11-13-20)18-8-4-3-5-9-18/h2,10-13,17-18,21H,1,3-9,14-16H2. The first kappa shape index (κ1) is 21.5. The lowest BCUT2D eigenvalue weighted by Crippen LogP contribution is -2.43. The van der Waals surface area contributed by atoms with Gasteiger partial charge in [0, 0.05) is 25.0 Å². The van der Waals surface area contributed by atoms with Crippen molar-refractivity contribution in [3.05, 3.63) is 41.8 Å². The normalized spacial score (nSPS) is 22.8. The van der Waals surface area contributed by atoms with Crippen molar-refractivity contribution in [1.82, 2.24) is 9.03 Å². The second-order valence-electron chi connectivity index (χ2n) is 7.84. The van der Waals surface area contributed by atoms with E-state index in [1.165, 1.54) is 42.0 Å². The highest BCUT2D eigenvalue weighted by atomic mass is 32.2. The quantitative estimate of drug-likeness (QED) is 0.726. The van der Waals surface area contributed by atoms with Crippen LogP contribution in [0, 0.1) is 5.92 Å². The fourth-order valence-electron chi connectivity index (χ4n) is 4.20. The number of rotatable bonds is 7. The molecule has 2 aliphatic rings. The lowest BCUT2D eigenvalue weighted by atomic mass is 9.84. The second kappa shape index (κ2) is 9.07. The molecule has 2 fully saturated rings. The summed E-state index contributed by atoms with van der Waals surface area (Å²) in [7, 11) is -7.06.